The molecule has 1 aliphatic rings. The monoisotopic (exact) mass is 368 g/mol. The molecule has 25 heavy (non-hydrogen) atoms. The minimum Gasteiger partial charge on any atom is -0.302 e. The summed E-state index contributed by atoms with van der Waals surface area (Å²) in [5, 5.41) is 5.69. The topological polar surface area (TPSA) is 59.3 Å². The average Bonchev–Trinajstić information content (AvgIpc) is 3.08. The van der Waals surface area contributed by atoms with Gasteiger partial charge in [-0.05, 0) is 31.4 Å². The highest BCUT2D eigenvalue weighted by Crippen LogP contribution is 2.40. The zero-order valence-electron chi connectivity index (χ0n) is 13.4. The lowest BCUT2D eigenvalue weighted by molar-refractivity contribution is -0.116. The quantitative estimate of drug-likeness (QED) is 0.566. The van der Waals surface area contributed by atoms with Crippen molar-refractivity contribution in [1.29, 1.82) is 0 Å². The largest absolute Gasteiger partial charge is 0.302 e. The second-order valence-electron chi connectivity index (χ2n) is 6.35. The third kappa shape index (κ3) is 2.94. The Morgan fingerprint density at radius 3 is 3.00 bits per heavy atom. The zero-order chi connectivity index (χ0) is 16.8. The maximum absolute atomic E-state index is 12.3. The van der Waals surface area contributed by atoms with E-state index in [1.54, 1.807) is 11.3 Å². The van der Waals surface area contributed by atoms with E-state index in [-0.39, 0.29) is 5.91 Å². The molecule has 1 fully saturated rings. The molecule has 5 nitrogen and oxygen atoms in total. The van der Waals surface area contributed by atoms with Crippen LogP contribution < -0.4 is 5.32 Å². The number of amides is 1. The number of para-hydroxylation sites is 1. The minimum atomic E-state index is 0.000868. The average molecular weight is 368 g/mol. The van der Waals surface area contributed by atoms with Crippen LogP contribution in [0.15, 0.2) is 35.8 Å². The first kappa shape index (κ1) is 15.0. The van der Waals surface area contributed by atoms with E-state index in [1.165, 1.54) is 29.9 Å². The molecule has 0 unspecified atom stereocenters. The number of hydrogen-bond donors (Lipinski definition) is 1. The summed E-state index contributed by atoms with van der Waals surface area (Å²) >= 11 is 3.16. The summed E-state index contributed by atoms with van der Waals surface area (Å²) in [6, 6.07) is 7.91. The van der Waals surface area contributed by atoms with E-state index in [0.29, 0.717) is 23.9 Å². The molecule has 7 heteroatoms. The van der Waals surface area contributed by atoms with Crippen LogP contribution in [0, 0.1) is 0 Å². The molecular formula is C18H16N4OS2. The van der Waals surface area contributed by atoms with E-state index in [4.69, 9.17) is 0 Å². The Bertz CT molecular complexity index is 1040. The van der Waals surface area contributed by atoms with E-state index in [2.05, 4.69) is 31.3 Å². The molecule has 1 amide bonds. The van der Waals surface area contributed by atoms with Crippen molar-refractivity contribution in [2.75, 3.05) is 5.32 Å². The van der Waals surface area contributed by atoms with Crippen LogP contribution in [0.2, 0.25) is 0 Å². The highest BCUT2D eigenvalue weighted by atomic mass is 32.1. The predicted octanol–water partition coefficient (Wildman–Crippen LogP) is 4.45. The van der Waals surface area contributed by atoms with Crippen LogP contribution in [0.4, 0.5) is 5.13 Å². The molecule has 1 N–H and O–H groups in total. The first-order chi connectivity index (χ1) is 12.3. The Balaban J connectivity index is 1.26. The smallest absolute Gasteiger partial charge is 0.226 e. The third-order valence-corrected chi connectivity index (χ3v) is 6.29. The Morgan fingerprint density at radius 1 is 1.28 bits per heavy atom. The maximum Gasteiger partial charge on any atom is 0.226 e. The Morgan fingerprint density at radius 2 is 2.16 bits per heavy atom. The first-order valence-electron chi connectivity index (χ1n) is 8.37. The number of fused-ring (bicyclic) bond motifs is 2. The number of hydrogen-bond acceptors (Lipinski definition) is 5. The van der Waals surface area contributed by atoms with E-state index in [9.17, 15) is 4.79 Å². The summed E-state index contributed by atoms with van der Waals surface area (Å²) < 4.78 is 3.23. The maximum atomic E-state index is 12.3. The standard InChI is InChI=1S/C18H16N4OS2/c23-16(21-17-19-13-3-1-2-4-15(13)25-17)8-7-12-10-24-18-20-14(9-22(12)18)11-5-6-11/h1-4,9-11H,5-8H2,(H,19,21,23). The SMILES string of the molecule is O=C(CCc1csc2nc(C3CC3)cn12)Nc1nc2ccccc2s1. The number of aryl methyl sites for hydroxylation is 1. The molecule has 1 aromatic carbocycles. The summed E-state index contributed by atoms with van der Waals surface area (Å²) in [6.45, 7) is 0. The lowest BCUT2D eigenvalue weighted by Crippen LogP contribution is -2.12. The number of thiazole rings is 2. The van der Waals surface area contributed by atoms with Gasteiger partial charge in [0.25, 0.3) is 0 Å². The van der Waals surface area contributed by atoms with Gasteiger partial charge in [-0.25, -0.2) is 9.97 Å². The molecule has 4 aromatic rings. The van der Waals surface area contributed by atoms with Crippen molar-refractivity contribution < 1.29 is 4.79 Å². The Hall–Kier alpha value is -2.25. The minimum absolute atomic E-state index is 0.000868. The van der Waals surface area contributed by atoms with Gasteiger partial charge in [0.2, 0.25) is 5.91 Å². The van der Waals surface area contributed by atoms with Crippen molar-refractivity contribution in [3.05, 3.63) is 47.2 Å². The number of imidazole rings is 1. The van der Waals surface area contributed by atoms with Crippen molar-refractivity contribution >= 4 is 48.9 Å². The van der Waals surface area contributed by atoms with Gasteiger partial charge in [0, 0.05) is 29.6 Å². The molecule has 0 spiro atoms. The van der Waals surface area contributed by atoms with Gasteiger partial charge < -0.3 is 5.32 Å². The molecule has 0 radical (unpaired) electrons. The summed E-state index contributed by atoms with van der Waals surface area (Å²) in [4.78, 5) is 22.4. The normalized spacial score (nSPS) is 14.4. The lowest BCUT2D eigenvalue weighted by atomic mass is 10.2. The molecule has 126 valence electrons. The van der Waals surface area contributed by atoms with Crippen LogP contribution in [-0.2, 0) is 11.2 Å². The van der Waals surface area contributed by atoms with Crippen LogP contribution >= 0.6 is 22.7 Å². The highest BCUT2D eigenvalue weighted by molar-refractivity contribution is 7.22. The fourth-order valence-electron chi connectivity index (χ4n) is 2.95. The zero-order valence-corrected chi connectivity index (χ0v) is 15.1. The second kappa shape index (κ2) is 5.93. The first-order valence-corrected chi connectivity index (χ1v) is 10.1. The van der Waals surface area contributed by atoms with Gasteiger partial charge in [-0.3, -0.25) is 9.20 Å². The van der Waals surface area contributed by atoms with Crippen molar-refractivity contribution in [2.24, 2.45) is 0 Å². The summed E-state index contributed by atoms with van der Waals surface area (Å²) in [6.07, 6.45) is 5.80. The van der Waals surface area contributed by atoms with Gasteiger partial charge in [-0.15, -0.1) is 11.3 Å². The van der Waals surface area contributed by atoms with Gasteiger partial charge in [-0.2, -0.15) is 0 Å². The van der Waals surface area contributed by atoms with E-state index in [0.717, 1.165) is 20.9 Å². The van der Waals surface area contributed by atoms with Crippen LogP contribution in [-0.4, -0.2) is 20.3 Å². The number of benzene rings is 1. The molecular weight excluding hydrogens is 352 g/mol. The molecule has 3 aromatic heterocycles. The van der Waals surface area contributed by atoms with Crippen LogP contribution in [0.25, 0.3) is 15.2 Å². The fraction of sp³-hybridized carbons (Fsp3) is 0.278. The van der Waals surface area contributed by atoms with Gasteiger partial charge >= 0.3 is 0 Å². The van der Waals surface area contributed by atoms with Gasteiger partial charge in [0.15, 0.2) is 10.1 Å². The summed E-state index contributed by atoms with van der Waals surface area (Å²) in [7, 11) is 0. The highest BCUT2D eigenvalue weighted by Gasteiger charge is 2.26. The number of anilines is 1. The predicted molar refractivity (Wildman–Crippen MR) is 102 cm³/mol. The summed E-state index contributed by atoms with van der Waals surface area (Å²) in [5.41, 5.74) is 3.28. The number of carbonyl (C=O) groups excluding carboxylic acids is 1. The molecule has 0 atom stereocenters. The van der Waals surface area contributed by atoms with Crippen molar-refractivity contribution in [2.45, 2.75) is 31.6 Å². The van der Waals surface area contributed by atoms with Crippen LogP contribution in [0.1, 0.15) is 36.6 Å². The second-order valence-corrected chi connectivity index (χ2v) is 8.22. The third-order valence-electron chi connectivity index (χ3n) is 4.45. The van der Waals surface area contributed by atoms with Gasteiger partial charge in [-0.1, -0.05) is 23.5 Å². The number of aromatic nitrogens is 3. The van der Waals surface area contributed by atoms with Crippen molar-refractivity contribution in [3.63, 3.8) is 0 Å². The lowest BCUT2D eigenvalue weighted by Gasteiger charge is -2.01. The summed E-state index contributed by atoms with van der Waals surface area (Å²) in [5.74, 6) is 0.656. The van der Waals surface area contributed by atoms with Crippen molar-refractivity contribution in [3.8, 4) is 0 Å². The van der Waals surface area contributed by atoms with E-state index >= 15 is 0 Å². The number of nitrogens with zero attached hydrogens (tertiary/aromatic N) is 3. The van der Waals surface area contributed by atoms with Gasteiger partial charge in [0.05, 0.1) is 15.9 Å². The Labute approximate surface area is 152 Å². The van der Waals surface area contributed by atoms with Gasteiger partial charge in [0.1, 0.15) is 0 Å². The number of rotatable bonds is 5. The van der Waals surface area contributed by atoms with E-state index < -0.39 is 0 Å². The van der Waals surface area contributed by atoms with Crippen molar-refractivity contribution in [1.82, 2.24) is 14.4 Å². The fourth-order valence-corrected chi connectivity index (χ4v) is 4.75. The molecule has 5 rings (SSSR count). The molecule has 0 saturated heterocycles. The molecule has 3 heterocycles. The van der Waals surface area contributed by atoms with E-state index in [1.807, 2.05) is 24.3 Å². The molecule has 0 aliphatic heterocycles. The van der Waals surface area contributed by atoms with Crippen LogP contribution in [0.5, 0.6) is 0 Å². The number of carbonyl (C=O) groups is 1. The Kier molecular flexibility index (Phi) is 3.57. The molecule has 1 aliphatic carbocycles. The van der Waals surface area contributed by atoms with Crippen LogP contribution in [0.3, 0.4) is 0 Å². The molecule has 1 saturated carbocycles. The molecule has 0 bridgehead atoms. The number of nitrogens with one attached hydrogen (secondary N) is 1.